The first-order chi connectivity index (χ1) is 15.6. The van der Waals surface area contributed by atoms with E-state index >= 15 is 0 Å². The normalized spacial score (nSPS) is 14.2. The van der Waals surface area contributed by atoms with Gasteiger partial charge in [-0.25, -0.2) is 4.99 Å². The zero-order chi connectivity index (χ0) is 22.3. The number of H-pyrrole nitrogens is 1. The van der Waals surface area contributed by atoms with Crippen LogP contribution in [0.25, 0.3) is 0 Å². The fraction of sp³-hybridized carbons (Fsp3) is 0.217. The largest absolute Gasteiger partial charge is 0.378 e. The predicted molar refractivity (Wildman–Crippen MR) is 132 cm³/mol. The molecular weight excluding hydrogens is 422 g/mol. The summed E-state index contributed by atoms with van der Waals surface area (Å²) in [4.78, 5) is 14.2. The van der Waals surface area contributed by atoms with E-state index in [1.165, 1.54) is 0 Å². The number of aromatic nitrogens is 2. The Kier molecular flexibility index (Phi) is 6.88. The minimum atomic E-state index is 0.194. The fourth-order valence-electron chi connectivity index (χ4n) is 3.26. The molecule has 0 saturated carbocycles. The number of aryl methyl sites for hydroxylation is 1. The summed E-state index contributed by atoms with van der Waals surface area (Å²) in [6, 6.07) is 15.2. The third kappa shape index (κ3) is 5.57. The molecule has 1 aliphatic heterocycles. The van der Waals surface area contributed by atoms with Crippen LogP contribution in [0.15, 0.2) is 65.9 Å². The highest BCUT2D eigenvalue weighted by molar-refractivity contribution is 7.80. The number of ether oxygens (including phenoxy) is 1. The van der Waals surface area contributed by atoms with Gasteiger partial charge in [-0.1, -0.05) is 0 Å². The molecular formula is C23H25N7OS. The molecule has 0 atom stereocenters. The molecule has 8 nitrogen and oxygen atoms in total. The van der Waals surface area contributed by atoms with Gasteiger partial charge >= 0.3 is 0 Å². The lowest BCUT2D eigenvalue weighted by molar-refractivity contribution is 0.0682. The monoisotopic (exact) mass is 447 g/mol. The number of pyridine rings is 1. The van der Waals surface area contributed by atoms with Crippen LogP contribution in [-0.4, -0.2) is 58.0 Å². The summed E-state index contributed by atoms with van der Waals surface area (Å²) >= 11 is 5.38. The molecule has 0 radical (unpaired) electrons. The number of hydrogen-bond donors (Lipinski definition) is 4. The van der Waals surface area contributed by atoms with E-state index in [0.717, 1.165) is 47.3 Å². The quantitative estimate of drug-likeness (QED) is 0.277. The molecule has 1 fully saturated rings. The number of nitrogens with zero attached hydrogens (tertiary/aromatic N) is 3. The van der Waals surface area contributed by atoms with E-state index in [2.05, 4.69) is 30.5 Å². The highest BCUT2D eigenvalue weighted by Gasteiger charge is 2.18. The first kappa shape index (κ1) is 21.7. The lowest BCUT2D eigenvalue weighted by atomic mass is 10.2. The molecule has 164 valence electrons. The van der Waals surface area contributed by atoms with Crippen LogP contribution in [0.5, 0.6) is 0 Å². The van der Waals surface area contributed by atoms with Crippen molar-refractivity contribution in [2.75, 3.05) is 36.9 Å². The van der Waals surface area contributed by atoms with Crippen molar-refractivity contribution in [2.24, 2.45) is 4.99 Å². The van der Waals surface area contributed by atoms with E-state index in [0.29, 0.717) is 18.3 Å². The lowest BCUT2D eigenvalue weighted by Crippen LogP contribution is -2.41. The van der Waals surface area contributed by atoms with Crippen LogP contribution >= 0.6 is 12.2 Å². The number of morpholine rings is 1. The number of benzene rings is 1. The Morgan fingerprint density at radius 2 is 1.81 bits per heavy atom. The maximum absolute atomic E-state index is 8.53. The van der Waals surface area contributed by atoms with Gasteiger partial charge in [-0.15, -0.1) is 0 Å². The summed E-state index contributed by atoms with van der Waals surface area (Å²) in [6.45, 7) is 4.73. The van der Waals surface area contributed by atoms with Gasteiger partial charge in [0, 0.05) is 36.2 Å². The molecule has 4 N–H and O–H groups in total. The van der Waals surface area contributed by atoms with Gasteiger partial charge in [0.05, 0.1) is 30.8 Å². The van der Waals surface area contributed by atoms with E-state index in [1.54, 1.807) is 6.20 Å². The first-order valence-corrected chi connectivity index (χ1v) is 10.7. The summed E-state index contributed by atoms with van der Waals surface area (Å²) in [5.41, 5.74) is 4.19. The molecule has 0 spiro atoms. The highest BCUT2D eigenvalue weighted by Crippen LogP contribution is 2.14. The van der Waals surface area contributed by atoms with Crippen LogP contribution < -0.4 is 10.6 Å². The summed E-state index contributed by atoms with van der Waals surface area (Å²) < 4.78 is 5.46. The Morgan fingerprint density at radius 1 is 1.09 bits per heavy atom. The Labute approximate surface area is 192 Å². The Morgan fingerprint density at radius 3 is 2.47 bits per heavy atom. The SMILES string of the molecule is Cc1ccc(NC(=S)Nc2ccc(C(=N)N=C(c3ccc[nH]3)N3CCOCC3)cc2)cn1. The molecule has 9 heteroatoms. The molecule has 0 amide bonds. The minimum absolute atomic E-state index is 0.194. The van der Waals surface area contributed by atoms with Crippen molar-refractivity contribution < 1.29 is 4.74 Å². The smallest absolute Gasteiger partial charge is 0.175 e. The lowest BCUT2D eigenvalue weighted by Gasteiger charge is -2.29. The minimum Gasteiger partial charge on any atom is -0.378 e. The summed E-state index contributed by atoms with van der Waals surface area (Å²) in [7, 11) is 0. The third-order valence-corrected chi connectivity index (χ3v) is 5.16. The number of amidine groups is 2. The number of aromatic amines is 1. The van der Waals surface area contributed by atoms with Crippen LogP contribution in [-0.2, 0) is 4.74 Å². The summed E-state index contributed by atoms with van der Waals surface area (Å²) in [6.07, 6.45) is 3.60. The van der Waals surface area contributed by atoms with Crippen molar-refractivity contribution in [3.8, 4) is 0 Å². The van der Waals surface area contributed by atoms with Crippen molar-refractivity contribution in [2.45, 2.75) is 6.92 Å². The average molecular weight is 448 g/mol. The molecule has 0 aliphatic carbocycles. The number of hydrogen-bond acceptors (Lipinski definition) is 4. The number of nitrogens with one attached hydrogen (secondary N) is 4. The zero-order valence-electron chi connectivity index (χ0n) is 17.8. The number of aliphatic imine (C=N–C) groups is 1. The second-order valence-electron chi connectivity index (χ2n) is 7.31. The number of thiocarbonyl (C=S) groups is 1. The molecule has 4 rings (SSSR count). The molecule has 3 heterocycles. The maximum atomic E-state index is 8.53. The van der Waals surface area contributed by atoms with Crippen molar-refractivity contribution >= 4 is 40.4 Å². The van der Waals surface area contributed by atoms with Gasteiger partial charge in [-0.2, -0.15) is 0 Å². The van der Waals surface area contributed by atoms with Crippen LogP contribution in [0.4, 0.5) is 11.4 Å². The van der Waals surface area contributed by atoms with E-state index in [9.17, 15) is 0 Å². The van der Waals surface area contributed by atoms with E-state index < -0.39 is 0 Å². The number of rotatable bonds is 4. The van der Waals surface area contributed by atoms with E-state index in [4.69, 9.17) is 22.4 Å². The third-order valence-electron chi connectivity index (χ3n) is 4.95. The molecule has 0 bridgehead atoms. The van der Waals surface area contributed by atoms with Gasteiger partial charge in [0.2, 0.25) is 0 Å². The second-order valence-corrected chi connectivity index (χ2v) is 7.72. The second kappa shape index (κ2) is 10.2. The van der Waals surface area contributed by atoms with Gasteiger partial charge in [0.15, 0.2) is 16.8 Å². The van der Waals surface area contributed by atoms with Gasteiger partial charge in [-0.05, 0) is 67.7 Å². The molecule has 2 aromatic heterocycles. The highest BCUT2D eigenvalue weighted by atomic mass is 32.1. The summed E-state index contributed by atoms with van der Waals surface area (Å²) in [5, 5.41) is 15.3. The average Bonchev–Trinajstić information content (AvgIpc) is 3.34. The van der Waals surface area contributed by atoms with Crippen molar-refractivity contribution in [3.63, 3.8) is 0 Å². The Balaban J connectivity index is 1.43. The standard InChI is InChI=1S/C23H25N7OS/c1-16-4-7-19(15-26-16)28-23(32)27-18-8-5-17(6-9-18)21(24)29-22(20-3-2-10-25-20)30-11-13-31-14-12-30/h2-10,15,24-25H,11-14H2,1H3,(H2,27,28,32). The summed E-state index contributed by atoms with van der Waals surface area (Å²) in [5.74, 6) is 0.946. The zero-order valence-corrected chi connectivity index (χ0v) is 18.6. The molecule has 1 saturated heterocycles. The van der Waals surface area contributed by atoms with E-state index in [1.807, 2.05) is 61.7 Å². The molecule has 0 unspecified atom stereocenters. The van der Waals surface area contributed by atoms with Gasteiger partial charge in [0.25, 0.3) is 0 Å². The van der Waals surface area contributed by atoms with E-state index in [-0.39, 0.29) is 5.84 Å². The van der Waals surface area contributed by atoms with Gasteiger partial charge in [-0.3, -0.25) is 10.4 Å². The van der Waals surface area contributed by atoms with Crippen LogP contribution in [0.3, 0.4) is 0 Å². The molecule has 32 heavy (non-hydrogen) atoms. The van der Waals surface area contributed by atoms with Crippen LogP contribution in [0.2, 0.25) is 0 Å². The van der Waals surface area contributed by atoms with Crippen molar-refractivity contribution in [1.82, 2.24) is 14.9 Å². The van der Waals surface area contributed by atoms with Gasteiger partial charge in [0.1, 0.15) is 0 Å². The number of anilines is 2. The van der Waals surface area contributed by atoms with Crippen LogP contribution in [0, 0.1) is 12.3 Å². The molecule has 1 aromatic carbocycles. The topological polar surface area (TPSA) is 101 Å². The Bertz CT molecular complexity index is 1090. The molecule has 3 aromatic rings. The van der Waals surface area contributed by atoms with Crippen molar-refractivity contribution in [1.29, 1.82) is 5.41 Å². The van der Waals surface area contributed by atoms with Crippen LogP contribution in [0.1, 0.15) is 17.0 Å². The maximum Gasteiger partial charge on any atom is 0.175 e. The predicted octanol–water partition coefficient (Wildman–Crippen LogP) is 3.63. The van der Waals surface area contributed by atoms with Crippen molar-refractivity contribution in [3.05, 3.63) is 77.9 Å². The van der Waals surface area contributed by atoms with Gasteiger partial charge < -0.3 is 25.3 Å². The Hall–Kier alpha value is -3.56. The first-order valence-electron chi connectivity index (χ1n) is 10.3. The molecule has 1 aliphatic rings. The fourth-order valence-corrected chi connectivity index (χ4v) is 3.50.